The molecule has 0 atom stereocenters. The Bertz CT molecular complexity index is 537. The number of anilines is 1. The van der Waals surface area contributed by atoms with Crippen molar-refractivity contribution in [2.75, 3.05) is 12.8 Å². The molecule has 2 N–H and O–H groups in total. The highest BCUT2D eigenvalue weighted by Gasteiger charge is 2.22. The van der Waals surface area contributed by atoms with Crippen molar-refractivity contribution in [2.24, 2.45) is 0 Å². The van der Waals surface area contributed by atoms with Crippen LogP contribution in [0.1, 0.15) is 9.67 Å². The van der Waals surface area contributed by atoms with E-state index in [0.717, 1.165) is 11.3 Å². The Kier molecular flexibility index (Phi) is 2.16. The Morgan fingerprint density at radius 3 is 3.07 bits per heavy atom. The highest BCUT2D eigenvalue weighted by molar-refractivity contribution is 7.21. The summed E-state index contributed by atoms with van der Waals surface area (Å²) in [5, 5.41) is 11.4. The first-order valence-electron chi connectivity index (χ1n) is 3.99. The van der Waals surface area contributed by atoms with Crippen LogP contribution in [-0.4, -0.2) is 18.1 Å². The van der Waals surface area contributed by atoms with Gasteiger partial charge in [0.15, 0.2) is 11.0 Å². The lowest BCUT2D eigenvalue weighted by Crippen LogP contribution is -2.26. The van der Waals surface area contributed by atoms with E-state index in [0.29, 0.717) is 9.56 Å². The first-order valence-corrected chi connectivity index (χ1v) is 4.81. The van der Waals surface area contributed by atoms with Crippen LogP contribution in [0.5, 0.6) is 0 Å². The second kappa shape index (κ2) is 3.35. The number of fused-ring (bicyclic) bond motifs is 1. The van der Waals surface area contributed by atoms with E-state index < -0.39 is 5.97 Å². The van der Waals surface area contributed by atoms with Crippen LogP contribution in [0.25, 0.3) is 10.3 Å². The number of thiophene rings is 1. The molecule has 15 heavy (non-hydrogen) atoms. The summed E-state index contributed by atoms with van der Waals surface area (Å²) in [6.07, 6.45) is 2.58. The lowest BCUT2D eigenvalue weighted by molar-refractivity contribution is -0.576. The van der Waals surface area contributed by atoms with E-state index in [2.05, 4.69) is 9.72 Å². The van der Waals surface area contributed by atoms with Gasteiger partial charge in [-0.2, -0.15) is 4.73 Å². The van der Waals surface area contributed by atoms with E-state index in [1.54, 1.807) is 0 Å². The van der Waals surface area contributed by atoms with Gasteiger partial charge in [0.25, 0.3) is 5.52 Å². The SMILES string of the molecule is COC(=O)c1sc2ncc[n+]([O-])c2c1N. The molecule has 0 radical (unpaired) electrons. The standard InChI is InChI=1S/C8H7N3O3S/c1-14-8(12)6-4(9)5-7(15-6)10-2-3-11(5)13/h2-3H,9H2,1H3. The largest absolute Gasteiger partial charge is 0.618 e. The van der Waals surface area contributed by atoms with E-state index in [1.807, 2.05) is 0 Å². The number of rotatable bonds is 1. The minimum atomic E-state index is -0.560. The van der Waals surface area contributed by atoms with Gasteiger partial charge in [-0.3, -0.25) is 0 Å². The predicted octanol–water partition coefficient (Wildman–Crippen LogP) is 0.298. The zero-order valence-corrected chi connectivity index (χ0v) is 8.58. The second-order valence-electron chi connectivity index (χ2n) is 2.74. The molecule has 0 fully saturated rings. The third-order valence-corrected chi connectivity index (χ3v) is 2.97. The van der Waals surface area contributed by atoms with Crippen LogP contribution >= 0.6 is 11.3 Å². The molecule has 0 aromatic carbocycles. The van der Waals surface area contributed by atoms with Gasteiger partial charge in [-0.05, 0) is 0 Å². The van der Waals surface area contributed by atoms with Crippen LogP contribution in [0.3, 0.4) is 0 Å². The lowest BCUT2D eigenvalue weighted by Gasteiger charge is -1.97. The smallest absolute Gasteiger partial charge is 0.350 e. The van der Waals surface area contributed by atoms with Crippen LogP contribution in [-0.2, 0) is 4.74 Å². The van der Waals surface area contributed by atoms with Crippen molar-refractivity contribution in [1.82, 2.24) is 4.98 Å². The number of aromatic nitrogens is 2. The topological polar surface area (TPSA) is 92.1 Å². The van der Waals surface area contributed by atoms with Crippen LogP contribution in [0.15, 0.2) is 12.4 Å². The highest BCUT2D eigenvalue weighted by atomic mass is 32.1. The van der Waals surface area contributed by atoms with Gasteiger partial charge >= 0.3 is 5.97 Å². The summed E-state index contributed by atoms with van der Waals surface area (Å²) in [5.74, 6) is -0.560. The number of ether oxygens (including phenoxy) is 1. The highest BCUT2D eigenvalue weighted by Crippen LogP contribution is 2.29. The van der Waals surface area contributed by atoms with Crippen molar-refractivity contribution < 1.29 is 14.3 Å². The molecule has 0 unspecified atom stereocenters. The Morgan fingerprint density at radius 1 is 1.73 bits per heavy atom. The van der Waals surface area contributed by atoms with Gasteiger partial charge in [-0.1, -0.05) is 11.3 Å². The summed E-state index contributed by atoms with van der Waals surface area (Å²) < 4.78 is 5.12. The molecular formula is C8H7N3O3S. The molecule has 78 valence electrons. The molecule has 0 spiro atoms. The molecule has 0 saturated carbocycles. The van der Waals surface area contributed by atoms with Crippen LogP contribution < -0.4 is 10.5 Å². The third-order valence-electron chi connectivity index (χ3n) is 1.89. The molecule has 2 aromatic heterocycles. The number of esters is 1. The third kappa shape index (κ3) is 1.37. The van der Waals surface area contributed by atoms with Gasteiger partial charge < -0.3 is 15.7 Å². The van der Waals surface area contributed by atoms with Gasteiger partial charge in [-0.25, -0.2) is 9.78 Å². The van der Waals surface area contributed by atoms with E-state index in [-0.39, 0.29) is 16.1 Å². The van der Waals surface area contributed by atoms with Crippen molar-refractivity contribution in [2.45, 2.75) is 0 Å². The van der Waals surface area contributed by atoms with Gasteiger partial charge in [0.05, 0.1) is 13.3 Å². The first-order chi connectivity index (χ1) is 7.15. The Morgan fingerprint density at radius 2 is 2.47 bits per heavy atom. The number of nitrogen functional groups attached to an aromatic ring is 1. The average Bonchev–Trinajstić information content (AvgIpc) is 2.56. The molecule has 0 aliphatic heterocycles. The Labute approximate surface area is 88.5 Å². The molecular weight excluding hydrogens is 218 g/mol. The molecule has 2 heterocycles. The van der Waals surface area contributed by atoms with E-state index in [1.165, 1.54) is 19.5 Å². The zero-order chi connectivity index (χ0) is 11.0. The number of carbonyl (C=O) groups is 1. The fraction of sp³-hybridized carbons (Fsp3) is 0.125. The lowest BCUT2D eigenvalue weighted by atomic mass is 10.3. The first kappa shape index (κ1) is 9.66. The fourth-order valence-electron chi connectivity index (χ4n) is 1.20. The minimum Gasteiger partial charge on any atom is -0.618 e. The van der Waals surface area contributed by atoms with Gasteiger partial charge in [0.2, 0.25) is 0 Å². The molecule has 6 nitrogen and oxygen atoms in total. The number of nitrogens with zero attached hydrogens (tertiary/aromatic N) is 2. The average molecular weight is 225 g/mol. The molecule has 0 saturated heterocycles. The van der Waals surface area contributed by atoms with E-state index in [4.69, 9.17) is 5.73 Å². The number of hydrogen-bond donors (Lipinski definition) is 1. The zero-order valence-electron chi connectivity index (χ0n) is 7.76. The second-order valence-corrected chi connectivity index (χ2v) is 3.74. The van der Waals surface area contributed by atoms with Crippen molar-refractivity contribution >= 4 is 33.3 Å². The summed E-state index contributed by atoms with van der Waals surface area (Å²) in [6, 6.07) is 0. The maximum atomic E-state index is 11.4. The molecule has 0 aliphatic rings. The number of carbonyl (C=O) groups excluding carboxylic acids is 1. The van der Waals surface area contributed by atoms with Crippen LogP contribution in [0, 0.1) is 5.21 Å². The van der Waals surface area contributed by atoms with Crippen molar-refractivity contribution in [3.05, 3.63) is 22.5 Å². The van der Waals surface area contributed by atoms with Crippen molar-refractivity contribution in [3.63, 3.8) is 0 Å². The van der Waals surface area contributed by atoms with Crippen LogP contribution in [0.4, 0.5) is 5.69 Å². The molecule has 0 amide bonds. The Hall–Kier alpha value is -1.89. The normalized spacial score (nSPS) is 10.5. The van der Waals surface area contributed by atoms with Gasteiger partial charge in [0, 0.05) is 0 Å². The maximum absolute atomic E-state index is 11.4. The van der Waals surface area contributed by atoms with Crippen molar-refractivity contribution in [1.29, 1.82) is 0 Å². The fourth-order valence-corrected chi connectivity index (χ4v) is 2.18. The van der Waals surface area contributed by atoms with E-state index in [9.17, 15) is 10.0 Å². The number of hydrogen-bond acceptors (Lipinski definition) is 6. The number of methoxy groups -OCH3 is 1. The van der Waals surface area contributed by atoms with Gasteiger partial charge in [-0.15, -0.1) is 0 Å². The molecule has 2 aromatic rings. The summed E-state index contributed by atoms with van der Waals surface area (Å²) >= 11 is 1.04. The summed E-state index contributed by atoms with van der Waals surface area (Å²) in [7, 11) is 1.25. The van der Waals surface area contributed by atoms with Crippen molar-refractivity contribution in [3.8, 4) is 0 Å². The minimum absolute atomic E-state index is 0.116. The maximum Gasteiger partial charge on any atom is 0.350 e. The monoisotopic (exact) mass is 225 g/mol. The van der Waals surface area contributed by atoms with Gasteiger partial charge in [0.1, 0.15) is 10.6 Å². The summed E-state index contributed by atoms with van der Waals surface area (Å²) in [4.78, 5) is 15.9. The number of nitrogens with two attached hydrogens (primary N) is 1. The molecule has 0 aliphatic carbocycles. The summed E-state index contributed by atoms with van der Waals surface area (Å²) in [6.45, 7) is 0. The molecule has 7 heteroatoms. The van der Waals surface area contributed by atoms with Crippen LogP contribution in [0.2, 0.25) is 0 Å². The Balaban J connectivity index is 2.75. The van der Waals surface area contributed by atoms with E-state index >= 15 is 0 Å². The predicted molar refractivity (Wildman–Crippen MR) is 54.3 cm³/mol. The molecule has 2 rings (SSSR count). The molecule has 0 bridgehead atoms. The summed E-state index contributed by atoms with van der Waals surface area (Å²) in [5.41, 5.74) is 5.99. The quantitative estimate of drug-likeness (QED) is 0.428.